The Balaban J connectivity index is 2.90. The molecule has 0 heterocycles. The number of rotatable bonds is 4. The Kier molecular flexibility index (Phi) is 4.84. The average Bonchev–Trinajstić information content (AvgIpc) is 2.28. The molecule has 1 aromatic carbocycles. The largest absolute Gasteiger partial charge is 0.393 e. The smallest absolute Gasteiger partial charge is 0.254 e. The molecular formula is C14H20N2OS. The Morgan fingerprint density at radius 1 is 1.28 bits per heavy atom. The van der Waals surface area contributed by atoms with Gasteiger partial charge in [0.05, 0.1) is 4.99 Å². The third-order valence-electron chi connectivity index (χ3n) is 2.66. The summed E-state index contributed by atoms with van der Waals surface area (Å²) in [5.41, 5.74) is 5.95. The van der Waals surface area contributed by atoms with Gasteiger partial charge < -0.3 is 10.6 Å². The fraction of sp³-hybridized carbons (Fsp3) is 0.429. The molecule has 18 heavy (non-hydrogen) atoms. The number of nitrogens with two attached hydrogens (primary N) is 1. The Bertz CT molecular complexity index is 423. The Morgan fingerprint density at radius 2 is 1.83 bits per heavy atom. The van der Waals surface area contributed by atoms with E-state index in [4.69, 9.17) is 18.0 Å². The molecule has 1 aromatic rings. The van der Waals surface area contributed by atoms with Crippen molar-refractivity contribution < 1.29 is 4.79 Å². The molecule has 0 bridgehead atoms. The number of benzene rings is 1. The standard InChI is InChI=1S/C14H20N2OS/c1-14(2,3)16(10-9-12(15)18)13(17)11-7-5-4-6-8-11/h4-8H,9-10H2,1-3H3,(H2,15,18). The summed E-state index contributed by atoms with van der Waals surface area (Å²) in [6, 6.07) is 9.26. The van der Waals surface area contributed by atoms with E-state index >= 15 is 0 Å². The van der Waals surface area contributed by atoms with Crippen LogP contribution in [0.15, 0.2) is 30.3 Å². The van der Waals surface area contributed by atoms with Crippen LogP contribution in [0.4, 0.5) is 0 Å². The van der Waals surface area contributed by atoms with Crippen LogP contribution in [-0.4, -0.2) is 27.9 Å². The molecule has 0 aliphatic heterocycles. The maximum Gasteiger partial charge on any atom is 0.254 e. The predicted molar refractivity (Wildman–Crippen MR) is 78.6 cm³/mol. The minimum Gasteiger partial charge on any atom is -0.393 e. The molecule has 0 saturated carbocycles. The number of carbonyl (C=O) groups excluding carboxylic acids is 1. The SMILES string of the molecule is CC(C)(C)N(CCC(N)=S)C(=O)c1ccccc1. The molecule has 98 valence electrons. The van der Waals surface area contributed by atoms with Crippen LogP contribution in [0.25, 0.3) is 0 Å². The maximum atomic E-state index is 12.4. The van der Waals surface area contributed by atoms with Gasteiger partial charge in [0.2, 0.25) is 0 Å². The average molecular weight is 264 g/mol. The molecule has 0 fully saturated rings. The van der Waals surface area contributed by atoms with Gasteiger partial charge in [0.1, 0.15) is 0 Å². The summed E-state index contributed by atoms with van der Waals surface area (Å²) < 4.78 is 0. The number of hydrogen-bond donors (Lipinski definition) is 1. The van der Waals surface area contributed by atoms with E-state index in [-0.39, 0.29) is 11.4 Å². The lowest BCUT2D eigenvalue weighted by atomic mass is 10.0. The van der Waals surface area contributed by atoms with Crippen LogP contribution < -0.4 is 5.73 Å². The van der Waals surface area contributed by atoms with Crippen molar-refractivity contribution in [3.05, 3.63) is 35.9 Å². The second kappa shape index (κ2) is 5.96. The summed E-state index contributed by atoms with van der Waals surface area (Å²) in [5, 5.41) is 0. The maximum absolute atomic E-state index is 12.4. The molecule has 0 aromatic heterocycles. The first-order valence-electron chi connectivity index (χ1n) is 5.97. The first-order valence-corrected chi connectivity index (χ1v) is 6.38. The molecular weight excluding hydrogens is 244 g/mol. The molecule has 0 radical (unpaired) electrons. The number of nitrogens with zero attached hydrogens (tertiary/aromatic N) is 1. The second-order valence-electron chi connectivity index (χ2n) is 5.21. The summed E-state index contributed by atoms with van der Waals surface area (Å²) in [5.74, 6) is 0.0133. The van der Waals surface area contributed by atoms with Crippen LogP contribution in [0.5, 0.6) is 0 Å². The zero-order valence-corrected chi connectivity index (χ0v) is 12.0. The highest BCUT2D eigenvalue weighted by Gasteiger charge is 2.26. The summed E-state index contributed by atoms with van der Waals surface area (Å²) in [6.45, 7) is 6.57. The normalized spacial score (nSPS) is 11.1. The quantitative estimate of drug-likeness (QED) is 0.850. The van der Waals surface area contributed by atoms with E-state index in [1.165, 1.54) is 0 Å². The molecule has 0 saturated heterocycles. The van der Waals surface area contributed by atoms with E-state index < -0.39 is 0 Å². The lowest BCUT2D eigenvalue weighted by Crippen LogP contribution is -2.46. The zero-order chi connectivity index (χ0) is 13.8. The number of amides is 1. The monoisotopic (exact) mass is 264 g/mol. The lowest BCUT2D eigenvalue weighted by molar-refractivity contribution is 0.0591. The predicted octanol–water partition coefficient (Wildman–Crippen LogP) is 2.60. The number of thiocarbonyl (C=S) groups is 1. The molecule has 0 aliphatic rings. The van der Waals surface area contributed by atoms with Gasteiger partial charge in [-0.25, -0.2) is 0 Å². The number of carbonyl (C=O) groups is 1. The summed E-state index contributed by atoms with van der Waals surface area (Å²) in [6.07, 6.45) is 0.547. The van der Waals surface area contributed by atoms with Gasteiger partial charge >= 0.3 is 0 Å². The third kappa shape index (κ3) is 4.11. The van der Waals surface area contributed by atoms with Crippen molar-refractivity contribution in [3.63, 3.8) is 0 Å². The van der Waals surface area contributed by atoms with Gasteiger partial charge in [-0.15, -0.1) is 0 Å². The van der Waals surface area contributed by atoms with E-state index in [1.807, 2.05) is 56.0 Å². The summed E-state index contributed by atoms with van der Waals surface area (Å²) in [4.78, 5) is 14.7. The van der Waals surface area contributed by atoms with Gasteiger partial charge in [-0.2, -0.15) is 0 Å². The fourth-order valence-corrected chi connectivity index (χ4v) is 1.79. The van der Waals surface area contributed by atoms with Crippen LogP contribution in [0.3, 0.4) is 0 Å². The Hall–Kier alpha value is -1.42. The molecule has 2 N–H and O–H groups in total. The van der Waals surface area contributed by atoms with Crippen LogP contribution in [0.2, 0.25) is 0 Å². The molecule has 0 aliphatic carbocycles. The van der Waals surface area contributed by atoms with Gasteiger partial charge in [0, 0.05) is 24.1 Å². The highest BCUT2D eigenvalue weighted by atomic mass is 32.1. The van der Waals surface area contributed by atoms with Crippen molar-refractivity contribution in [2.45, 2.75) is 32.7 Å². The molecule has 0 atom stereocenters. The molecule has 0 unspecified atom stereocenters. The van der Waals surface area contributed by atoms with E-state index in [0.717, 1.165) is 0 Å². The number of hydrogen-bond acceptors (Lipinski definition) is 2. The van der Waals surface area contributed by atoms with Crippen molar-refractivity contribution in [2.75, 3.05) is 6.54 Å². The Morgan fingerprint density at radius 3 is 2.28 bits per heavy atom. The van der Waals surface area contributed by atoms with E-state index in [2.05, 4.69) is 0 Å². The molecule has 4 heteroatoms. The van der Waals surface area contributed by atoms with Gasteiger partial charge in [-0.1, -0.05) is 30.4 Å². The third-order valence-corrected chi connectivity index (χ3v) is 2.86. The van der Waals surface area contributed by atoms with Crippen LogP contribution in [-0.2, 0) is 0 Å². The minimum absolute atomic E-state index is 0.0133. The second-order valence-corrected chi connectivity index (χ2v) is 5.73. The van der Waals surface area contributed by atoms with Crippen molar-refractivity contribution in [2.24, 2.45) is 5.73 Å². The molecule has 0 spiro atoms. The van der Waals surface area contributed by atoms with Gasteiger partial charge in [-0.3, -0.25) is 4.79 Å². The first-order chi connectivity index (χ1) is 8.32. The van der Waals surface area contributed by atoms with E-state index in [0.29, 0.717) is 23.5 Å². The van der Waals surface area contributed by atoms with Crippen molar-refractivity contribution in [1.82, 2.24) is 4.90 Å². The molecule has 1 amide bonds. The van der Waals surface area contributed by atoms with Gasteiger partial charge in [0.15, 0.2) is 0 Å². The first kappa shape index (κ1) is 14.6. The zero-order valence-electron chi connectivity index (χ0n) is 11.1. The van der Waals surface area contributed by atoms with E-state index in [1.54, 1.807) is 0 Å². The minimum atomic E-state index is -0.252. The topological polar surface area (TPSA) is 46.3 Å². The van der Waals surface area contributed by atoms with Crippen molar-refractivity contribution in [3.8, 4) is 0 Å². The van der Waals surface area contributed by atoms with Crippen LogP contribution >= 0.6 is 12.2 Å². The van der Waals surface area contributed by atoms with Crippen LogP contribution in [0.1, 0.15) is 37.6 Å². The van der Waals surface area contributed by atoms with Crippen LogP contribution in [0, 0.1) is 0 Å². The van der Waals surface area contributed by atoms with E-state index in [9.17, 15) is 4.79 Å². The fourth-order valence-electron chi connectivity index (χ4n) is 1.70. The molecule has 3 nitrogen and oxygen atoms in total. The lowest BCUT2D eigenvalue weighted by Gasteiger charge is -2.35. The Labute approximate surface area is 114 Å². The summed E-state index contributed by atoms with van der Waals surface area (Å²) in [7, 11) is 0. The molecule has 1 rings (SSSR count). The van der Waals surface area contributed by atoms with Crippen molar-refractivity contribution in [1.29, 1.82) is 0 Å². The van der Waals surface area contributed by atoms with Crippen molar-refractivity contribution >= 4 is 23.1 Å². The van der Waals surface area contributed by atoms with Gasteiger partial charge in [0.25, 0.3) is 5.91 Å². The highest BCUT2D eigenvalue weighted by Crippen LogP contribution is 2.17. The highest BCUT2D eigenvalue weighted by molar-refractivity contribution is 7.80. The summed E-state index contributed by atoms with van der Waals surface area (Å²) >= 11 is 4.88. The van der Waals surface area contributed by atoms with Gasteiger partial charge in [-0.05, 0) is 32.9 Å².